The Balaban J connectivity index is 0.00000180. The second kappa shape index (κ2) is 8.38. The molecule has 2 fully saturated rings. The zero-order valence-corrected chi connectivity index (χ0v) is 12.1. The predicted octanol–water partition coefficient (Wildman–Crippen LogP) is 0.679. The molecule has 0 saturated carbocycles. The van der Waals surface area contributed by atoms with Crippen molar-refractivity contribution in [1.29, 1.82) is 0 Å². The van der Waals surface area contributed by atoms with E-state index in [0.29, 0.717) is 6.42 Å². The number of rotatable bonds is 3. The lowest BCUT2D eigenvalue weighted by atomic mass is 10.1. The smallest absolute Gasteiger partial charge is 0.239 e. The van der Waals surface area contributed by atoms with Gasteiger partial charge in [0.25, 0.3) is 0 Å². The van der Waals surface area contributed by atoms with Crippen LogP contribution in [0.4, 0.5) is 0 Å². The fraction of sp³-hybridized carbons (Fsp3) is 0.846. The van der Waals surface area contributed by atoms with Crippen molar-refractivity contribution >= 4 is 24.2 Å². The van der Waals surface area contributed by atoms with Gasteiger partial charge in [-0.25, -0.2) is 0 Å². The molecular weight excluding hydrogens is 266 g/mol. The van der Waals surface area contributed by atoms with Crippen molar-refractivity contribution in [3.63, 3.8) is 0 Å². The van der Waals surface area contributed by atoms with E-state index < -0.39 is 0 Å². The number of nitrogens with zero attached hydrogens (tertiary/aromatic N) is 1. The molecule has 2 saturated heterocycles. The average molecular weight is 290 g/mol. The molecule has 6 heteroatoms. The molecule has 0 bridgehead atoms. The highest BCUT2D eigenvalue weighted by atomic mass is 35.5. The molecular formula is C13H24ClN3O2. The highest BCUT2D eigenvalue weighted by Gasteiger charge is 2.21. The first-order chi connectivity index (χ1) is 8.75. The molecule has 5 nitrogen and oxygen atoms in total. The zero-order valence-electron chi connectivity index (χ0n) is 11.3. The van der Waals surface area contributed by atoms with Gasteiger partial charge in [0.05, 0.1) is 6.54 Å². The Labute approximate surface area is 120 Å². The minimum Gasteiger partial charge on any atom is -0.351 e. The van der Waals surface area contributed by atoms with Gasteiger partial charge in [0.2, 0.25) is 11.8 Å². The molecule has 2 N–H and O–H groups in total. The van der Waals surface area contributed by atoms with Crippen LogP contribution in [0.25, 0.3) is 0 Å². The highest BCUT2D eigenvalue weighted by Crippen LogP contribution is 2.10. The molecule has 0 spiro atoms. The van der Waals surface area contributed by atoms with Crippen LogP contribution >= 0.6 is 12.4 Å². The van der Waals surface area contributed by atoms with Crippen LogP contribution in [0.1, 0.15) is 38.5 Å². The third-order valence-electron chi connectivity index (χ3n) is 3.67. The van der Waals surface area contributed by atoms with E-state index in [2.05, 4.69) is 10.6 Å². The number of amides is 2. The van der Waals surface area contributed by atoms with Gasteiger partial charge in [-0.2, -0.15) is 0 Å². The van der Waals surface area contributed by atoms with Crippen LogP contribution in [0.3, 0.4) is 0 Å². The van der Waals surface area contributed by atoms with Gasteiger partial charge in [-0.15, -0.1) is 12.4 Å². The average Bonchev–Trinajstić information content (AvgIpc) is 2.56. The van der Waals surface area contributed by atoms with Crippen LogP contribution in [0, 0.1) is 0 Å². The van der Waals surface area contributed by atoms with E-state index in [1.807, 2.05) is 0 Å². The molecule has 0 aromatic rings. The van der Waals surface area contributed by atoms with Gasteiger partial charge in [-0.3, -0.25) is 9.59 Å². The number of piperidine rings is 1. The molecule has 2 amide bonds. The van der Waals surface area contributed by atoms with Crippen molar-refractivity contribution in [1.82, 2.24) is 15.5 Å². The molecule has 0 aromatic heterocycles. The van der Waals surface area contributed by atoms with E-state index in [-0.39, 0.29) is 36.8 Å². The quantitative estimate of drug-likeness (QED) is 0.803. The summed E-state index contributed by atoms with van der Waals surface area (Å²) >= 11 is 0. The van der Waals surface area contributed by atoms with Crippen molar-refractivity contribution in [3.05, 3.63) is 0 Å². The lowest BCUT2D eigenvalue weighted by Crippen LogP contribution is -2.49. The molecule has 2 aliphatic heterocycles. The number of likely N-dealkylation sites (tertiary alicyclic amines) is 1. The van der Waals surface area contributed by atoms with Gasteiger partial charge in [-0.1, -0.05) is 6.42 Å². The first kappa shape index (κ1) is 16.2. The van der Waals surface area contributed by atoms with E-state index in [4.69, 9.17) is 0 Å². The summed E-state index contributed by atoms with van der Waals surface area (Å²) in [5, 5.41) is 6.28. The van der Waals surface area contributed by atoms with Gasteiger partial charge in [0.15, 0.2) is 0 Å². The Bertz CT molecular complexity index is 306. The van der Waals surface area contributed by atoms with Crippen molar-refractivity contribution < 1.29 is 9.59 Å². The molecule has 0 aliphatic carbocycles. The number of hydrogen-bond acceptors (Lipinski definition) is 3. The molecule has 0 radical (unpaired) electrons. The summed E-state index contributed by atoms with van der Waals surface area (Å²) in [5.41, 5.74) is 0. The number of carbonyl (C=O) groups is 2. The number of halogens is 1. The number of carbonyl (C=O) groups excluding carboxylic acids is 2. The maximum Gasteiger partial charge on any atom is 0.239 e. The van der Waals surface area contributed by atoms with Gasteiger partial charge in [0.1, 0.15) is 0 Å². The molecule has 110 valence electrons. The van der Waals surface area contributed by atoms with E-state index in [9.17, 15) is 9.59 Å². The Hall–Kier alpha value is -0.810. The van der Waals surface area contributed by atoms with Crippen LogP contribution in [0.15, 0.2) is 0 Å². The molecule has 2 rings (SSSR count). The zero-order chi connectivity index (χ0) is 12.8. The topological polar surface area (TPSA) is 61.4 Å². The molecule has 0 aromatic carbocycles. The van der Waals surface area contributed by atoms with Crippen molar-refractivity contribution in [2.75, 3.05) is 26.2 Å². The summed E-state index contributed by atoms with van der Waals surface area (Å²) in [6, 6.07) is 0.230. The summed E-state index contributed by atoms with van der Waals surface area (Å²) in [7, 11) is 0. The van der Waals surface area contributed by atoms with Gasteiger partial charge in [0, 0.05) is 25.6 Å². The lowest BCUT2D eigenvalue weighted by molar-refractivity contribution is -0.135. The second-order valence-corrected chi connectivity index (χ2v) is 5.24. The molecule has 2 aliphatic rings. The van der Waals surface area contributed by atoms with E-state index >= 15 is 0 Å². The Morgan fingerprint density at radius 3 is 2.89 bits per heavy atom. The largest absolute Gasteiger partial charge is 0.351 e. The Morgan fingerprint density at radius 2 is 2.16 bits per heavy atom. The minimum atomic E-state index is -0.0149. The van der Waals surface area contributed by atoms with Gasteiger partial charge in [-0.05, 0) is 32.2 Å². The van der Waals surface area contributed by atoms with Crippen LogP contribution < -0.4 is 10.6 Å². The highest BCUT2D eigenvalue weighted by molar-refractivity contribution is 5.85. The number of hydrogen-bond donors (Lipinski definition) is 2. The summed E-state index contributed by atoms with van der Waals surface area (Å²) in [6.07, 6.45) is 5.81. The van der Waals surface area contributed by atoms with Crippen LogP contribution in [0.2, 0.25) is 0 Å². The van der Waals surface area contributed by atoms with Gasteiger partial charge >= 0.3 is 0 Å². The lowest BCUT2D eigenvalue weighted by Gasteiger charge is -2.26. The van der Waals surface area contributed by atoms with E-state index in [0.717, 1.165) is 51.7 Å². The fourth-order valence-electron chi connectivity index (χ4n) is 2.63. The van der Waals surface area contributed by atoms with Crippen LogP contribution in [0.5, 0.6) is 0 Å². The molecule has 2 heterocycles. The van der Waals surface area contributed by atoms with Gasteiger partial charge < -0.3 is 15.5 Å². The molecule has 1 unspecified atom stereocenters. The summed E-state index contributed by atoms with van der Waals surface area (Å²) in [6.45, 7) is 2.85. The van der Waals surface area contributed by atoms with Crippen molar-refractivity contribution in [3.8, 4) is 0 Å². The molecule has 19 heavy (non-hydrogen) atoms. The van der Waals surface area contributed by atoms with Crippen LogP contribution in [-0.4, -0.2) is 48.9 Å². The standard InChI is InChI=1S/C13H23N3O2.ClH/c17-12(15-11-5-4-7-14-9-11)10-16-8-3-1-2-6-13(16)18;/h11,14H,1-10H2,(H,15,17);1H. The third-order valence-corrected chi connectivity index (χ3v) is 3.67. The second-order valence-electron chi connectivity index (χ2n) is 5.24. The Kier molecular flexibility index (Phi) is 7.16. The third kappa shape index (κ3) is 5.37. The summed E-state index contributed by atoms with van der Waals surface area (Å²) in [5.74, 6) is 0.114. The summed E-state index contributed by atoms with van der Waals surface area (Å²) < 4.78 is 0. The fourth-order valence-corrected chi connectivity index (χ4v) is 2.63. The molecule has 1 atom stereocenters. The van der Waals surface area contributed by atoms with Crippen molar-refractivity contribution in [2.24, 2.45) is 0 Å². The SMILES string of the molecule is Cl.O=C(CN1CCCCCC1=O)NC1CCCNC1. The van der Waals surface area contributed by atoms with E-state index in [1.54, 1.807) is 4.90 Å². The summed E-state index contributed by atoms with van der Waals surface area (Å²) in [4.78, 5) is 25.4. The first-order valence-corrected chi connectivity index (χ1v) is 7.03. The Morgan fingerprint density at radius 1 is 1.32 bits per heavy atom. The predicted molar refractivity (Wildman–Crippen MR) is 76.3 cm³/mol. The normalized spacial score (nSPS) is 24.3. The maximum absolute atomic E-state index is 11.9. The van der Waals surface area contributed by atoms with E-state index in [1.165, 1.54) is 0 Å². The first-order valence-electron chi connectivity index (χ1n) is 7.03. The minimum absolute atomic E-state index is 0. The number of nitrogens with one attached hydrogen (secondary N) is 2. The monoisotopic (exact) mass is 289 g/mol. The van der Waals surface area contributed by atoms with Crippen LogP contribution in [-0.2, 0) is 9.59 Å². The maximum atomic E-state index is 11.9. The van der Waals surface area contributed by atoms with Crippen molar-refractivity contribution in [2.45, 2.75) is 44.6 Å².